The molecule has 0 spiro atoms. The Morgan fingerprint density at radius 3 is 2.60 bits per heavy atom. The molecule has 20 heavy (non-hydrogen) atoms. The van der Waals surface area contributed by atoms with Crippen molar-refractivity contribution >= 4 is 11.9 Å². The van der Waals surface area contributed by atoms with Crippen LogP contribution in [0, 0.1) is 5.41 Å². The number of hydrogen-bond acceptors (Lipinski definition) is 2. The molecule has 0 aromatic heterocycles. The fourth-order valence-corrected chi connectivity index (χ4v) is 2.02. The van der Waals surface area contributed by atoms with Crippen molar-refractivity contribution in [2.45, 2.75) is 25.7 Å². The molecule has 0 aliphatic heterocycles. The summed E-state index contributed by atoms with van der Waals surface area (Å²) >= 11 is 0. The van der Waals surface area contributed by atoms with Crippen LogP contribution in [0.4, 0.5) is 8.78 Å². The molecule has 0 heterocycles. The van der Waals surface area contributed by atoms with Gasteiger partial charge in [0, 0.05) is 13.0 Å². The quantitative estimate of drug-likeness (QED) is 0.869. The van der Waals surface area contributed by atoms with Crippen LogP contribution in [-0.4, -0.2) is 29.5 Å². The summed E-state index contributed by atoms with van der Waals surface area (Å²) in [5, 5.41) is 11.3. The fourth-order valence-electron chi connectivity index (χ4n) is 2.02. The molecule has 0 bridgehead atoms. The summed E-state index contributed by atoms with van der Waals surface area (Å²) in [7, 11) is 0. The third-order valence-corrected chi connectivity index (χ3v) is 3.63. The van der Waals surface area contributed by atoms with Crippen LogP contribution in [0.15, 0.2) is 24.3 Å². The number of carbonyl (C=O) groups is 2. The maximum absolute atomic E-state index is 13.0. The lowest BCUT2D eigenvalue weighted by Crippen LogP contribution is -2.34. The molecule has 6 heteroatoms. The van der Waals surface area contributed by atoms with Crippen LogP contribution in [0.2, 0.25) is 0 Å². The number of halogens is 2. The summed E-state index contributed by atoms with van der Waals surface area (Å²) in [4.78, 5) is 22.4. The predicted molar refractivity (Wildman–Crippen MR) is 67.8 cm³/mol. The first kappa shape index (κ1) is 14.4. The van der Waals surface area contributed by atoms with Crippen LogP contribution in [0.5, 0.6) is 0 Å². The highest BCUT2D eigenvalue weighted by molar-refractivity contribution is 5.88. The van der Waals surface area contributed by atoms with Crippen molar-refractivity contribution in [1.82, 2.24) is 5.32 Å². The van der Waals surface area contributed by atoms with Crippen molar-refractivity contribution in [2.75, 3.05) is 6.54 Å². The second kappa shape index (κ2) is 4.85. The maximum Gasteiger partial charge on any atom is 0.335 e. The second-order valence-corrected chi connectivity index (χ2v) is 5.22. The molecule has 1 fully saturated rings. The van der Waals surface area contributed by atoms with Gasteiger partial charge in [-0.3, -0.25) is 4.79 Å². The number of rotatable bonds is 5. The van der Waals surface area contributed by atoms with Gasteiger partial charge in [0.2, 0.25) is 5.91 Å². The first-order valence-electron chi connectivity index (χ1n) is 6.25. The van der Waals surface area contributed by atoms with Crippen molar-refractivity contribution in [3.8, 4) is 0 Å². The largest absolute Gasteiger partial charge is 0.478 e. The molecule has 1 aliphatic carbocycles. The Morgan fingerprint density at radius 2 is 2.05 bits per heavy atom. The lowest BCUT2D eigenvalue weighted by Gasteiger charge is -2.11. The lowest BCUT2D eigenvalue weighted by atomic mass is 10.1. The van der Waals surface area contributed by atoms with Gasteiger partial charge in [-0.2, -0.15) is 0 Å². The van der Waals surface area contributed by atoms with Gasteiger partial charge in [0.05, 0.1) is 5.56 Å². The zero-order chi connectivity index (χ0) is 15.0. The van der Waals surface area contributed by atoms with E-state index in [2.05, 4.69) is 5.32 Å². The molecule has 1 saturated carbocycles. The number of nitrogens with one attached hydrogen (secondary N) is 1. The number of benzene rings is 1. The summed E-state index contributed by atoms with van der Waals surface area (Å²) < 4.78 is 26.0. The summed E-state index contributed by atoms with van der Waals surface area (Å²) in [6, 6.07) is 6.31. The van der Waals surface area contributed by atoms with Crippen molar-refractivity contribution in [1.29, 1.82) is 0 Å². The number of hydrogen-bond donors (Lipinski definition) is 2. The summed E-state index contributed by atoms with van der Waals surface area (Å²) in [5.74, 6) is -4.60. The fraction of sp³-hybridized carbons (Fsp3) is 0.429. The molecule has 1 unspecified atom stereocenters. The van der Waals surface area contributed by atoms with Crippen LogP contribution in [0.3, 0.4) is 0 Å². The highest BCUT2D eigenvalue weighted by Crippen LogP contribution is 2.60. The standard InChI is InChI=1S/C14H15F2NO3/c1-13(8-14(13,15)16)12(20)17-6-5-9-3-2-4-10(7-9)11(18)19/h2-4,7H,5-6,8H2,1H3,(H,17,20)(H,18,19). The normalized spacial score (nSPS) is 23.1. The van der Waals surface area contributed by atoms with Gasteiger partial charge in [0.1, 0.15) is 5.41 Å². The minimum Gasteiger partial charge on any atom is -0.478 e. The number of carboxylic acid groups (broad SMARTS) is 1. The molecule has 1 atom stereocenters. The van der Waals surface area contributed by atoms with Crippen LogP contribution in [0.1, 0.15) is 29.3 Å². The molecule has 1 amide bonds. The van der Waals surface area contributed by atoms with Crippen LogP contribution in [-0.2, 0) is 11.2 Å². The Balaban J connectivity index is 1.86. The highest BCUT2D eigenvalue weighted by atomic mass is 19.3. The predicted octanol–water partition coefficient (Wildman–Crippen LogP) is 2.09. The summed E-state index contributed by atoms with van der Waals surface area (Å²) in [6.45, 7) is 1.45. The van der Waals surface area contributed by atoms with Gasteiger partial charge >= 0.3 is 5.97 Å². The molecule has 1 aromatic carbocycles. The number of amides is 1. The van der Waals surface area contributed by atoms with E-state index in [0.29, 0.717) is 6.42 Å². The topological polar surface area (TPSA) is 66.4 Å². The maximum atomic E-state index is 13.0. The average Bonchev–Trinajstić information content (AvgIpc) is 2.90. The molecular formula is C14H15F2NO3. The molecule has 1 aromatic rings. The monoisotopic (exact) mass is 283 g/mol. The number of alkyl halides is 2. The van der Waals surface area contributed by atoms with E-state index in [4.69, 9.17) is 5.11 Å². The van der Waals surface area contributed by atoms with E-state index in [-0.39, 0.29) is 12.1 Å². The molecule has 108 valence electrons. The van der Waals surface area contributed by atoms with Gasteiger partial charge in [-0.25, -0.2) is 13.6 Å². The van der Waals surface area contributed by atoms with E-state index < -0.39 is 29.6 Å². The zero-order valence-electron chi connectivity index (χ0n) is 11.0. The third-order valence-electron chi connectivity index (χ3n) is 3.63. The van der Waals surface area contributed by atoms with Gasteiger partial charge in [0.15, 0.2) is 0 Å². The second-order valence-electron chi connectivity index (χ2n) is 5.22. The van der Waals surface area contributed by atoms with Gasteiger partial charge in [-0.1, -0.05) is 12.1 Å². The molecule has 0 saturated heterocycles. The van der Waals surface area contributed by atoms with Crippen molar-refractivity contribution in [2.24, 2.45) is 5.41 Å². The Bertz CT molecular complexity index is 559. The van der Waals surface area contributed by atoms with E-state index in [1.165, 1.54) is 19.1 Å². The molecule has 4 nitrogen and oxygen atoms in total. The van der Waals surface area contributed by atoms with Crippen molar-refractivity contribution < 1.29 is 23.5 Å². The van der Waals surface area contributed by atoms with E-state index in [1.54, 1.807) is 12.1 Å². The van der Waals surface area contributed by atoms with E-state index >= 15 is 0 Å². The number of carboxylic acids is 1. The van der Waals surface area contributed by atoms with Crippen LogP contribution in [0.25, 0.3) is 0 Å². The van der Waals surface area contributed by atoms with Crippen LogP contribution >= 0.6 is 0 Å². The lowest BCUT2D eigenvalue weighted by molar-refractivity contribution is -0.129. The molecule has 2 rings (SSSR count). The third kappa shape index (κ3) is 2.64. The van der Waals surface area contributed by atoms with Crippen LogP contribution < -0.4 is 5.32 Å². The Morgan fingerprint density at radius 1 is 1.40 bits per heavy atom. The van der Waals surface area contributed by atoms with Gasteiger partial charge in [-0.05, 0) is 31.0 Å². The number of carbonyl (C=O) groups excluding carboxylic acids is 1. The molecular weight excluding hydrogens is 268 g/mol. The summed E-state index contributed by atoms with van der Waals surface area (Å²) in [6.07, 6.45) is -0.0190. The minimum absolute atomic E-state index is 0.162. The van der Waals surface area contributed by atoms with Gasteiger partial charge in [0.25, 0.3) is 5.92 Å². The zero-order valence-corrected chi connectivity index (χ0v) is 11.0. The van der Waals surface area contributed by atoms with Gasteiger partial charge < -0.3 is 10.4 Å². The Kier molecular flexibility index (Phi) is 3.50. The number of aromatic carboxylic acids is 1. The first-order valence-corrected chi connectivity index (χ1v) is 6.25. The molecule has 1 aliphatic rings. The van der Waals surface area contributed by atoms with Gasteiger partial charge in [-0.15, -0.1) is 0 Å². The van der Waals surface area contributed by atoms with Crippen molar-refractivity contribution in [3.63, 3.8) is 0 Å². The highest BCUT2D eigenvalue weighted by Gasteiger charge is 2.72. The minimum atomic E-state index is -2.92. The SMILES string of the molecule is CC1(C(=O)NCCc2cccc(C(=O)O)c2)CC1(F)F. The molecule has 2 N–H and O–H groups in total. The Labute approximate surface area is 114 Å². The summed E-state index contributed by atoms with van der Waals surface area (Å²) in [5.41, 5.74) is -0.692. The van der Waals surface area contributed by atoms with E-state index in [0.717, 1.165) is 5.56 Å². The molecule has 0 radical (unpaired) electrons. The first-order chi connectivity index (χ1) is 9.26. The average molecular weight is 283 g/mol. The Hall–Kier alpha value is -1.98. The van der Waals surface area contributed by atoms with Crippen molar-refractivity contribution in [3.05, 3.63) is 35.4 Å². The van der Waals surface area contributed by atoms with E-state index in [9.17, 15) is 18.4 Å². The van der Waals surface area contributed by atoms with E-state index in [1.807, 2.05) is 0 Å². The smallest absolute Gasteiger partial charge is 0.335 e.